The average molecular weight is 761 g/mol. The maximum Gasteiger partial charge on any atom is 0.319 e. The van der Waals surface area contributed by atoms with E-state index < -0.39 is 27.8 Å². The van der Waals surface area contributed by atoms with Crippen molar-refractivity contribution in [1.82, 2.24) is 0 Å². The number of aryl methyl sites for hydroxylation is 1. The Balaban J connectivity index is 1.32. The zero-order chi connectivity index (χ0) is 39.0. The van der Waals surface area contributed by atoms with Crippen molar-refractivity contribution in [2.75, 3.05) is 0 Å². The number of hydrogen-bond donors (Lipinski definition) is 1. The molecule has 6 aromatic carbocycles. The van der Waals surface area contributed by atoms with Crippen molar-refractivity contribution in [2.24, 2.45) is 0 Å². The highest BCUT2D eigenvalue weighted by Gasteiger charge is 2.53. The predicted molar refractivity (Wildman–Crippen MR) is 231 cm³/mol. The third kappa shape index (κ3) is 6.72. The molecule has 0 fully saturated rings. The summed E-state index contributed by atoms with van der Waals surface area (Å²) in [5.74, 6) is 0.957. The first kappa shape index (κ1) is 37.7. The molecular formula is C48H48O5Si2. The van der Waals surface area contributed by atoms with Gasteiger partial charge in [-0.3, -0.25) is 4.79 Å². The van der Waals surface area contributed by atoms with Gasteiger partial charge in [-0.25, -0.2) is 0 Å². The minimum atomic E-state index is -2.97. The smallest absolute Gasteiger partial charge is 0.319 e. The lowest BCUT2D eigenvalue weighted by atomic mass is 10.1. The number of fused-ring (bicyclic) bond motifs is 1. The van der Waals surface area contributed by atoms with E-state index in [1.807, 2.05) is 61.5 Å². The molecule has 7 heteroatoms. The lowest BCUT2D eigenvalue weighted by molar-refractivity contribution is 0.448. The van der Waals surface area contributed by atoms with E-state index in [9.17, 15) is 9.90 Å². The fraction of sp³-hybridized carbons (Fsp3) is 0.188. The van der Waals surface area contributed by atoms with E-state index in [1.54, 1.807) is 6.07 Å². The number of rotatable bonds is 9. The first-order valence-electron chi connectivity index (χ1n) is 18.8. The van der Waals surface area contributed by atoms with Crippen LogP contribution in [-0.2, 0) is 0 Å². The summed E-state index contributed by atoms with van der Waals surface area (Å²) in [6.45, 7) is 15.3. The second-order valence-electron chi connectivity index (χ2n) is 16.3. The Morgan fingerprint density at radius 1 is 0.527 bits per heavy atom. The van der Waals surface area contributed by atoms with Gasteiger partial charge in [0.05, 0.1) is 5.39 Å². The van der Waals surface area contributed by atoms with Crippen LogP contribution >= 0.6 is 0 Å². The van der Waals surface area contributed by atoms with Gasteiger partial charge in [-0.05, 0) is 73.6 Å². The lowest BCUT2D eigenvalue weighted by Gasteiger charge is -2.43. The molecule has 1 N–H and O–H groups in total. The van der Waals surface area contributed by atoms with Gasteiger partial charge in [0.1, 0.15) is 17.1 Å². The van der Waals surface area contributed by atoms with Gasteiger partial charge in [-0.1, -0.05) is 163 Å². The van der Waals surface area contributed by atoms with Crippen LogP contribution in [0, 0.1) is 6.92 Å². The standard InChI is InChI=1S/C48H48O5Si2/c1-34-32-37(53-55(48(5,6)7,40-24-16-10-17-25-40)41-26-18-11-19-27-41)33-42-43(34)44(49)45(50)46(51-42)35-28-30-36(31-29-35)52-54(47(2,3)4,38-20-12-8-13-21-38)39-22-14-9-15-23-39/h8-33,50H,1-7H3. The molecule has 0 atom stereocenters. The van der Waals surface area contributed by atoms with Crippen molar-refractivity contribution in [3.05, 3.63) is 174 Å². The highest BCUT2D eigenvalue weighted by molar-refractivity contribution is 7.00. The summed E-state index contributed by atoms with van der Waals surface area (Å²) < 4.78 is 21.0. The van der Waals surface area contributed by atoms with Gasteiger partial charge in [0.2, 0.25) is 11.2 Å². The Morgan fingerprint density at radius 3 is 1.29 bits per heavy atom. The molecule has 278 valence electrons. The van der Waals surface area contributed by atoms with E-state index >= 15 is 0 Å². The highest BCUT2D eigenvalue weighted by Crippen LogP contribution is 2.41. The SMILES string of the molecule is Cc1cc(O[Si](c2ccccc2)(c2ccccc2)C(C)(C)C)cc2oc(-c3ccc(O[Si](c4ccccc4)(c4ccccc4)C(C)(C)C)cc3)c(O)c(=O)c12. The molecule has 0 amide bonds. The lowest BCUT2D eigenvalue weighted by Crippen LogP contribution is -2.68. The molecule has 55 heavy (non-hydrogen) atoms. The van der Waals surface area contributed by atoms with Crippen molar-refractivity contribution in [1.29, 1.82) is 0 Å². The van der Waals surface area contributed by atoms with E-state index in [0.29, 0.717) is 33.6 Å². The van der Waals surface area contributed by atoms with Crippen LogP contribution in [0.3, 0.4) is 0 Å². The summed E-state index contributed by atoms with van der Waals surface area (Å²) in [5, 5.41) is 15.8. The van der Waals surface area contributed by atoms with Crippen LogP contribution in [0.2, 0.25) is 10.1 Å². The van der Waals surface area contributed by atoms with Crippen molar-refractivity contribution in [3.8, 4) is 28.6 Å². The molecule has 0 saturated carbocycles. The van der Waals surface area contributed by atoms with Crippen LogP contribution in [0.25, 0.3) is 22.3 Å². The van der Waals surface area contributed by atoms with E-state index in [4.69, 9.17) is 13.3 Å². The van der Waals surface area contributed by atoms with E-state index in [2.05, 4.69) is 139 Å². The van der Waals surface area contributed by atoms with Gasteiger partial charge in [-0.2, -0.15) is 0 Å². The number of aromatic hydroxyl groups is 1. The molecule has 5 nitrogen and oxygen atoms in total. The van der Waals surface area contributed by atoms with Crippen LogP contribution in [0.4, 0.5) is 0 Å². The maximum atomic E-state index is 13.9. The Labute approximate surface area is 326 Å². The Hall–Kier alpha value is -5.64. The second-order valence-corrected chi connectivity index (χ2v) is 24.7. The second kappa shape index (κ2) is 14.5. The molecule has 0 saturated heterocycles. The van der Waals surface area contributed by atoms with E-state index in [-0.39, 0.29) is 15.8 Å². The molecule has 7 rings (SSSR count). The molecule has 0 spiro atoms. The van der Waals surface area contributed by atoms with Crippen LogP contribution in [0.15, 0.2) is 167 Å². The molecule has 7 aromatic rings. The van der Waals surface area contributed by atoms with Crippen LogP contribution in [0.1, 0.15) is 47.1 Å². The highest BCUT2D eigenvalue weighted by atomic mass is 28.4. The quantitative estimate of drug-likeness (QED) is 0.149. The molecule has 0 aliphatic heterocycles. The van der Waals surface area contributed by atoms with Crippen molar-refractivity contribution in [2.45, 2.75) is 58.5 Å². The summed E-state index contributed by atoms with van der Waals surface area (Å²) in [4.78, 5) is 13.9. The minimum absolute atomic E-state index is 0.0940. The zero-order valence-electron chi connectivity index (χ0n) is 32.6. The normalized spacial score (nSPS) is 12.4. The van der Waals surface area contributed by atoms with Crippen molar-refractivity contribution in [3.63, 3.8) is 0 Å². The molecule has 0 bridgehead atoms. The molecule has 0 radical (unpaired) electrons. The van der Waals surface area contributed by atoms with Gasteiger partial charge >= 0.3 is 16.6 Å². The van der Waals surface area contributed by atoms with Gasteiger partial charge in [-0.15, -0.1) is 0 Å². The molecule has 0 aliphatic rings. The number of hydrogen-bond acceptors (Lipinski definition) is 5. The number of benzene rings is 6. The maximum absolute atomic E-state index is 13.9. The summed E-state index contributed by atoms with van der Waals surface area (Å²) in [6.07, 6.45) is 0. The van der Waals surface area contributed by atoms with Gasteiger partial charge in [0.15, 0.2) is 5.76 Å². The first-order chi connectivity index (χ1) is 26.3. The largest absolute Gasteiger partial charge is 0.534 e. The Morgan fingerprint density at radius 2 is 0.909 bits per heavy atom. The molecule has 0 unspecified atom stereocenters. The fourth-order valence-corrected chi connectivity index (χ4v) is 16.9. The molecule has 1 aromatic heterocycles. The average Bonchev–Trinajstić information content (AvgIpc) is 3.18. The van der Waals surface area contributed by atoms with Gasteiger partial charge in [0, 0.05) is 11.6 Å². The summed E-state index contributed by atoms with van der Waals surface area (Å²) >= 11 is 0. The fourth-order valence-electron chi connectivity index (χ4n) is 8.06. The summed E-state index contributed by atoms with van der Waals surface area (Å²) in [7, 11) is -5.84. The van der Waals surface area contributed by atoms with E-state index in [1.165, 1.54) is 10.4 Å². The topological polar surface area (TPSA) is 68.9 Å². The minimum Gasteiger partial charge on any atom is -0.534 e. The van der Waals surface area contributed by atoms with Crippen LogP contribution in [0.5, 0.6) is 17.2 Å². The third-order valence-corrected chi connectivity index (χ3v) is 20.5. The van der Waals surface area contributed by atoms with Gasteiger partial charge < -0.3 is 18.4 Å². The molecule has 0 aliphatic carbocycles. The first-order valence-corrected chi connectivity index (χ1v) is 22.6. The van der Waals surface area contributed by atoms with Crippen LogP contribution < -0.4 is 35.0 Å². The monoisotopic (exact) mass is 760 g/mol. The van der Waals surface area contributed by atoms with Crippen molar-refractivity contribution >= 4 is 48.4 Å². The Kier molecular flexibility index (Phi) is 9.96. The molecule has 1 heterocycles. The summed E-state index contributed by atoms with van der Waals surface area (Å²) in [5.41, 5.74) is 1.08. The zero-order valence-corrected chi connectivity index (χ0v) is 34.6. The Bertz CT molecular complexity index is 2390. The molecular weight excluding hydrogens is 713 g/mol. The van der Waals surface area contributed by atoms with Crippen molar-refractivity contribution < 1.29 is 18.4 Å². The predicted octanol–water partition coefficient (Wildman–Crippen LogP) is 9.35. The van der Waals surface area contributed by atoms with Gasteiger partial charge in [0.25, 0.3) is 0 Å². The van der Waals surface area contributed by atoms with Crippen LogP contribution in [-0.4, -0.2) is 21.7 Å². The third-order valence-electron chi connectivity index (χ3n) is 10.6. The van der Waals surface area contributed by atoms with E-state index in [0.717, 1.165) is 10.4 Å². The summed E-state index contributed by atoms with van der Waals surface area (Å²) in [6, 6.07) is 53.0.